The average molecular weight is 392 g/mol. The fourth-order valence-electron chi connectivity index (χ4n) is 3.07. The lowest BCUT2D eigenvalue weighted by molar-refractivity contribution is 0.232. The Morgan fingerprint density at radius 2 is 1.81 bits per heavy atom. The van der Waals surface area contributed by atoms with Gasteiger partial charge in [-0.3, -0.25) is 0 Å². The van der Waals surface area contributed by atoms with Crippen LogP contribution < -0.4 is 15.2 Å². The molecule has 1 saturated carbocycles. The number of amides is 2. The summed E-state index contributed by atoms with van der Waals surface area (Å²) in [4.78, 5) is 12.5. The zero-order valence-corrected chi connectivity index (χ0v) is 16.3. The van der Waals surface area contributed by atoms with Crippen LogP contribution in [0.25, 0.3) is 0 Å². The quantitative estimate of drug-likeness (QED) is 0.761. The molecule has 0 bridgehead atoms. The predicted octanol–water partition coefficient (Wildman–Crippen LogP) is 3.03. The predicted molar refractivity (Wildman–Crippen MR) is 101 cm³/mol. The summed E-state index contributed by atoms with van der Waals surface area (Å²) < 4.78 is 32.2. The average Bonchev–Trinajstić information content (AvgIpc) is 3.00. The van der Waals surface area contributed by atoms with Gasteiger partial charge in [-0.1, -0.05) is 42.6 Å². The van der Waals surface area contributed by atoms with Crippen molar-refractivity contribution in [1.82, 2.24) is 15.9 Å². The molecule has 2 N–H and O–H groups in total. The van der Waals surface area contributed by atoms with Crippen molar-refractivity contribution in [3.63, 3.8) is 0 Å². The molecule has 2 aromatic rings. The van der Waals surface area contributed by atoms with E-state index >= 15 is 0 Å². The summed E-state index contributed by atoms with van der Waals surface area (Å²) in [6, 6.07) is 7.32. The molecule has 8 nitrogen and oxygen atoms in total. The molecule has 0 aliphatic heterocycles. The topological polar surface area (TPSA) is 105 Å². The smallest absolute Gasteiger partial charge is 0.334 e. The van der Waals surface area contributed by atoms with Gasteiger partial charge >= 0.3 is 6.03 Å². The van der Waals surface area contributed by atoms with Gasteiger partial charge in [0.2, 0.25) is 0 Å². The molecule has 27 heavy (non-hydrogen) atoms. The first-order valence-corrected chi connectivity index (χ1v) is 10.4. The minimum absolute atomic E-state index is 0.0323. The molecule has 1 aliphatic rings. The third-order valence-electron chi connectivity index (χ3n) is 4.74. The zero-order chi connectivity index (χ0) is 19.4. The number of benzene rings is 1. The van der Waals surface area contributed by atoms with Crippen LogP contribution in [0.1, 0.15) is 43.4 Å². The molecule has 1 aromatic carbocycles. The maximum atomic E-state index is 13.1. The number of hydrogen-bond donors (Lipinski definition) is 2. The molecular formula is C18H24N4O4S. The van der Waals surface area contributed by atoms with Crippen LogP contribution in [0.15, 0.2) is 39.8 Å². The van der Waals surface area contributed by atoms with E-state index in [1.165, 1.54) is 12.1 Å². The molecule has 0 atom stereocenters. The van der Waals surface area contributed by atoms with Crippen molar-refractivity contribution in [2.45, 2.75) is 56.9 Å². The first kappa shape index (κ1) is 19.2. The van der Waals surface area contributed by atoms with Crippen molar-refractivity contribution >= 4 is 21.9 Å². The molecule has 0 spiro atoms. The van der Waals surface area contributed by atoms with Crippen molar-refractivity contribution < 1.29 is 17.7 Å². The fraction of sp³-hybridized carbons (Fsp3) is 0.444. The molecule has 146 valence electrons. The summed E-state index contributed by atoms with van der Waals surface area (Å²) in [5.41, 5.74) is 3.52. The van der Waals surface area contributed by atoms with Crippen LogP contribution in [0.5, 0.6) is 0 Å². The Balaban J connectivity index is 1.88. The van der Waals surface area contributed by atoms with E-state index in [2.05, 4.69) is 15.9 Å². The van der Waals surface area contributed by atoms with Crippen LogP contribution in [-0.4, -0.2) is 25.6 Å². The molecule has 1 fully saturated rings. The number of aromatic nitrogens is 1. The Morgan fingerprint density at radius 3 is 2.41 bits per heavy atom. The highest BCUT2D eigenvalue weighted by Gasteiger charge is 2.32. The summed E-state index contributed by atoms with van der Waals surface area (Å²) in [6.45, 7) is 3.40. The SMILES string of the molecule is Cc1noc(N(NC(=O)NC2CCCCC2)S(=O)(=O)c2ccccc2)c1C. The van der Waals surface area contributed by atoms with Gasteiger partial charge in [0.15, 0.2) is 0 Å². The summed E-state index contributed by atoms with van der Waals surface area (Å²) >= 11 is 0. The molecule has 1 heterocycles. The lowest BCUT2D eigenvalue weighted by Gasteiger charge is -2.26. The van der Waals surface area contributed by atoms with Gasteiger partial charge in [0.25, 0.3) is 15.9 Å². The molecule has 9 heteroatoms. The summed E-state index contributed by atoms with van der Waals surface area (Å²) in [7, 11) is -4.07. The van der Waals surface area contributed by atoms with E-state index in [-0.39, 0.29) is 16.8 Å². The monoisotopic (exact) mass is 392 g/mol. The molecule has 0 radical (unpaired) electrons. The first-order valence-electron chi connectivity index (χ1n) is 9.00. The lowest BCUT2D eigenvalue weighted by atomic mass is 9.96. The molecular weight excluding hydrogens is 368 g/mol. The molecule has 0 unspecified atom stereocenters. The number of carbonyl (C=O) groups is 1. The second kappa shape index (κ2) is 7.99. The molecule has 3 rings (SSSR count). The number of nitrogens with zero attached hydrogens (tertiary/aromatic N) is 2. The third kappa shape index (κ3) is 4.24. The number of nitrogens with one attached hydrogen (secondary N) is 2. The number of sulfonamides is 1. The lowest BCUT2D eigenvalue weighted by Crippen LogP contribution is -2.52. The number of hydrogen-bond acceptors (Lipinski definition) is 5. The van der Waals surface area contributed by atoms with E-state index < -0.39 is 16.1 Å². The van der Waals surface area contributed by atoms with Gasteiger partial charge < -0.3 is 9.84 Å². The van der Waals surface area contributed by atoms with Crippen LogP contribution in [0.2, 0.25) is 0 Å². The highest BCUT2D eigenvalue weighted by molar-refractivity contribution is 7.92. The maximum Gasteiger partial charge on any atom is 0.334 e. The second-order valence-electron chi connectivity index (χ2n) is 6.70. The first-order chi connectivity index (χ1) is 12.9. The van der Waals surface area contributed by atoms with Crippen LogP contribution in [0, 0.1) is 13.8 Å². The largest absolute Gasteiger partial charge is 0.335 e. The Labute approximate surface area is 158 Å². The van der Waals surface area contributed by atoms with Crippen molar-refractivity contribution in [2.24, 2.45) is 0 Å². The van der Waals surface area contributed by atoms with Gasteiger partial charge in [0.05, 0.1) is 10.6 Å². The van der Waals surface area contributed by atoms with Crippen molar-refractivity contribution in [2.75, 3.05) is 4.41 Å². The van der Waals surface area contributed by atoms with Crippen LogP contribution in [-0.2, 0) is 10.0 Å². The molecule has 1 aromatic heterocycles. The van der Waals surface area contributed by atoms with Crippen molar-refractivity contribution in [3.05, 3.63) is 41.6 Å². The van der Waals surface area contributed by atoms with Gasteiger partial charge in [0, 0.05) is 11.6 Å². The standard InChI is InChI=1S/C18H24N4O4S/c1-13-14(2)21-26-17(13)22(27(24,25)16-11-7-4-8-12-16)20-18(23)19-15-9-5-3-6-10-15/h4,7-8,11-12,15H,3,5-6,9-10H2,1-2H3,(H2,19,20,23). The van der Waals surface area contributed by atoms with Gasteiger partial charge in [-0.05, 0) is 38.8 Å². The van der Waals surface area contributed by atoms with Gasteiger partial charge in [-0.25, -0.2) is 10.2 Å². The number of urea groups is 1. The third-order valence-corrected chi connectivity index (χ3v) is 6.35. The van der Waals surface area contributed by atoms with Gasteiger partial charge in [0.1, 0.15) is 0 Å². The van der Waals surface area contributed by atoms with E-state index in [0.717, 1.165) is 36.5 Å². The Morgan fingerprint density at radius 1 is 1.15 bits per heavy atom. The summed E-state index contributed by atoms with van der Waals surface area (Å²) in [5.74, 6) is -0.0323. The normalized spacial score (nSPS) is 15.3. The number of anilines is 1. The van der Waals surface area contributed by atoms with Crippen molar-refractivity contribution in [3.8, 4) is 0 Å². The number of aryl methyl sites for hydroxylation is 1. The highest BCUT2D eigenvalue weighted by Crippen LogP contribution is 2.27. The van der Waals surface area contributed by atoms with Gasteiger partial charge in [-0.15, -0.1) is 4.41 Å². The highest BCUT2D eigenvalue weighted by atomic mass is 32.2. The minimum atomic E-state index is -4.07. The van der Waals surface area contributed by atoms with E-state index in [1.54, 1.807) is 32.0 Å². The molecule has 1 aliphatic carbocycles. The van der Waals surface area contributed by atoms with Crippen LogP contribution in [0.4, 0.5) is 10.7 Å². The zero-order valence-electron chi connectivity index (χ0n) is 15.4. The summed E-state index contributed by atoms with van der Waals surface area (Å²) in [6.07, 6.45) is 5.04. The van der Waals surface area contributed by atoms with Crippen LogP contribution in [0.3, 0.4) is 0 Å². The van der Waals surface area contributed by atoms with E-state index in [1.807, 2.05) is 0 Å². The number of carbonyl (C=O) groups excluding carboxylic acids is 1. The summed E-state index contributed by atoms with van der Waals surface area (Å²) in [5, 5.41) is 6.67. The van der Waals surface area contributed by atoms with E-state index in [0.29, 0.717) is 11.3 Å². The minimum Gasteiger partial charge on any atom is -0.335 e. The van der Waals surface area contributed by atoms with Crippen LogP contribution >= 0.6 is 0 Å². The number of rotatable bonds is 5. The Kier molecular flexibility index (Phi) is 5.69. The van der Waals surface area contributed by atoms with E-state index in [4.69, 9.17) is 4.52 Å². The maximum absolute atomic E-state index is 13.1. The molecule has 0 saturated heterocycles. The van der Waals surface area contributed by atoms with E-state index in [9.17, 15) is 13.2 Å². The van der Waals surface area contributed by atoms with Gasteiger partial charge in [-0.2, -0.15) is 8.42 Å². The second-order valence-corrected chi connectivity index (χ2v) is 8.49. The fourth-order valence-corrected chi connectivity index (χ4v) is 4.37. The molecule has 2 amide bonds. The number of hydrazine groups is 1. The Bertz CT molecular complexity index is 889. The Hall–Kier alpha value is -2.55. The van der Waals surface area contributed by atoms with Crippen molar-refractivity contribution in [1.29, 1.82) is 0 Å².